The Bertz CT molecular complexity index is 77.0. The molecule has 0 saturated carbocycles. The van der Waals surface area contributed by atoms with Crippen molar-refractivity contribution < 1.29 is 9.94 Å². The molecule has 0 radical (unpaired) electrons. The van der Waals surface area contributed by atoms with Crippen LogP contribution in [0.25, 0.3) is 0 Å². The van der Waals surface area contributed by atoms with E-state index in [1.807, 2.05) is 5.48 Å². The molecule has 0 aromatic rings. The summed E-state index contributed by atoms with van der Waals surface area (Å²) in [7, 11) is 0. The van der Waals surface area contributed by atoms with E-state index in [9.17, 15) is 0 Å². The molecule has 2 N–H and O–H groups in total. The van der Waals surface area contributed by atoms with Gasteiger partial charge in [0, 0.05) is 6.54 Å². The number of hydrogen-bond donors (Lipinski definition) is 2. The smallest absolute Gasteiger partial charge is 0.107 e. The molecule has 0 aliphatic rings. The lowest BCUT2D eigenvalue weighted by atomic mass is 10.7. The third-order valence-corrected chi connectivity index (χ3v) is 0.544. The highest BCUT2D eigenvalue weighted by molar-refractivity contribution is 4.82. The van der Waals surface area contributed by atoms with Crippen LogP contribution < -0.4 is 5.48 Å². The average molecular weight is 115 g/mol. The van der Waals surface area contributed by atoms with E-state index in [0.717, 1.165) is 0 Å². The molecular formula is C5H9NO2. The maximum absolute atomic E-state index is 7.98. The van der Waals surface area contributed by atoms with E-state index in [1.165, 1.54) is 0 Å². The molecule has 0 fully saturated rings. The van der Waals surface area contributed by atoms with Crippen LogP contribution in [0.1, 0.15) is 0 Å². The van der Waals surface area contributed by atoms with E-state index in [0.29, 0.717) is 19.8 Å². The second kappa shape index (κ2) is 6.44. The Labute approximate surface area is 48.6 Å². The summed E-state index contributed by atoms with van der Waals surface area (Å²) in [5.74, 6) is 2.29. The summed E-state index contributed by atoms with van der Waals surface area (Å²) >= 11 is 0. The highest BCUT2D eigenvalue weighted by atomic mass is 16.5. The second-order valence-electron chi connectivity index (χ2n) is 1.16. The van der Waals surface area contributed by atoms with Crippen molar-refractivity contribution in [3.63, 3.8) is 0 Å². The van der Waals surface area contributed by atoms with Gasteiger partial charge in [-0.15, -0.1) is 6.42 Å². The standard InChI is InChI=1S/C5H9NO2/c1-2-4-8-5-3-6-7/h1,6-7H,3-5H2. The minimum atomic E-state index is 0.307. The van der Waals surface area contributed by atoms with Crippen LogP contribution in [0.3, 0.4) is 0 Å². The predicted octanol–water partition coefficient (Wildman–Crippen LogP) is -0.385. The van der Waals surface area contributed by atoms with E-state index in [2.05, 4.69) is 5.92 Å². The lowest BCUT2D eigenvalue weighted by Gasteiger charge is -1.95. The van der Waals surface area contributed by atoms with E-state index in [4.69, 9.17) is 16.4 Å². The van der Waals surface area contributed by atoms with Gasteiger partial charge in [0.25, 0.3) is 0 Å². The number of hydrogen-bond acceptors (Lipinski definition) is 3. The van der Waals surface area contributed by atoms with Crippen LogP contribution in [-0.4, -0.2) is 25.0 Å². The lowest BCUT2D eigenvalue weighted by Crippen LogP contribution is -2.14. The van der Waals surface area contributed by atoms with Crippen LogP contribution in [-0.2, 0) is 4.74 Å². The van der Waals surface area contributed by atoms with Crippen molar-refractivity contribution in [1.82, 2.24) is 5.48 Å². The highest BCUT2D eigenvalue weighted by Gasteiger charge is 1.79. The first kappa shape index (κ1) is 7.44. The first-order chi connectivity index (χ1) is 3.91. The van der Waals surface area contributed by atoms with Gasteiger partial charge in [-0.2, -0.15) is 0 Å². The van der Waals surface area contributed by atoms with Crippen molar-refractivity contribution >= 4 is 0 Å². The van der Waals surface area contributed by atoms with Gasteiger partial charge in [0.05, 0.1) is 6.61 Å². The molecule has 0 bridgehead atoms. The zero-order chi connectivity index (χ0) is 6.24. The minimum Gasteiger partial charge on any atom is -0.367 e. The van der Waals surface area contributed by atoms with Crippen molar-refractivity contribution in [3.8, 4) is 12.3 Å². The van der Waals surface area contributed by atoms with Crippen molar-refractivity contribution in [2.45, 2.75) is 0 Å². The van der Waals surface area contributed by atoms with Gasteiger partial charge in [0.2, 0.25) is 0 Å². The molecule has 0 aromatic carbocycles. The fraction of sp³-hybridized carbons (Fsp3) is 0.600. The third-order valence-electron chi connectivity index (χ3n) is 0.544. The number of nitrogens with one attached hydrogen (secondary N) is 1. The SMILES string of the molecule is C#CCOCCNO. The Morgan fingerprint density at radius 3 is 3.00 bits per heavy atom. The molecule has 0 spiro atoms. The van der Waals surface area contributed by atoms with Gasteiger partial charge in [0.15, 0.2) is 0 Å². The van der Waals surface area contributed by atoms with E-state index in [-0.39, 0.29) is 0 Å². The fourth-order valence-electron chi connectivity index (χ4n) is 0.249. The second-order valence-corrected chi connectivity index (χ2v) is 1.16. The Balaban J connectivity index is 2.65. The summed E-state index contributed by atoms with van der Waals surface area (Å²) in [4.78, 5) is 0. The molecule has 0 atom stereocenters. The summed E-state index contributed by atoms with van der Waals surface area (Å²) in [6.07, 6.45) is 4.85. The fourth-order valence-corrected chi connectivity index (χ4v) is 0.249. The van der Waals surface area contributed by atoms with Crippen LogP contribution in [0.2, 0.25) is 0 Å². The number of hydroxylamine groups is 1. The molecule has 0 aliphatic heterocycles. The van der Waals surface area contributed by atoms with Crippen molar-refractivity contribution in [2.75, 3.05) is 19.8 Å². The van der Waals surface area contributed by atoms with Crippen molar-refractivity contribution in [2.24, 2.45) is 0 Å². The minimum absolute atomic E-state index is 0.307. The van der Waals surface area contributed by atoms with Crippen molar-refractivity contribution in [3.05, 3.63) is 0 Å². The van der Waals surface area contributed by atoms with Crippen LogP contribution in [0.4, 0.5) is 0 Å². The largest absolute Gasteiger partial charge is 0.367 e. The van der Waals surface area contributed by atoms with E-state index < -0.39 is 0 Å². The summed E-state index contributed by atoms with van der Waals surface area (Å²) in [5.41, 5.74) is 1.93. The summed E-state index contributed by atoms with van der Waals surface area (Å²) in [6.45, 7) is 1.17. The summed E-state index contributed by atoms with van der Waals surface area (Å²) in [6, 6.07) is 0. The van der Waals surface area contributed by atoms with Gasteiger partial charge in [-0.05, 0) is 0 Å². The Hall–Kier alpha value is -0.560. The first-order valence-corrected chi connectivity index (χ1v) is 2.30. The molecule has 0 heterocycles. The molecular weight excluding hydrogens is 106 g/mol. The zero-order valence-electron chi connectivity index (χ0n) is 4.55. The van der Waals surface area contributed by atoms with Gasteiger partial charge in [-0.25, -0.2) is 5.48 Å². The predicted molar refractivity (Wildman–Crippen MR) is 29.4 cm³/mol. The summed E-state index contributed by atoms with van der Waals surface area (Å²) in [5, 5.41) is 7.98. The first-order valence-electron chi connectivity index (χ1n) is 2.30. The number of terminal acetylenes is 1. The van der Waals surface area contributed by atoms with Crippen LogP contribution >= 0.6 is 0 Å². The van der Waals surface area contributed by atoms with Crippen molar-refractivity contribution in [1.29, 1.82) is 0 Å². The van der Waals surface area contributed by atoms with Crippen LogP contribution in [0.5, 0.6) is 0 Å². The number of ether oxygens (including phenoxy) is 1. The van der Waals surface area contributed by atoms with Gasteiger partial charge in [-0.1, -0.05) is 5.92 Å². The zero-order valence-corrected chi connectivity index (χ0v) is 4.55. The lowest BCUT2D eigenvalue weighted by molar-refractivity contribution is 0.106. The van der Waals surface area contributed by atoms with Gasteiger partial charge >= 0.3 is 0 Å². The molecule has 0 unspecified atom stereocenters. The van der Waals surface area contributed by atoms with E-state index in [1.54, 1.807) is 0 Å². The highest BCUT2D eigenvalue weighted by Crippen LogP contribution is 1.67. The molecule has 8 heavy (non-hydrogen) atoms. The van der Waals surface area contributed by atoms with Gasteiger partial charge in [-0.3, -0.25) is 0 Å². The van der Waals surface area contributed by atoms with Crippen LogP contribution in [0, 0.1) is 12.3 Å². The Kier molecular flexibility index (Phi) is 5.99. The van der Waals surface area contributed by atoms with E-state index >= 15 is 0 Å². The monoisotopic (exact) mass is 115 g/mol. The summed E-state index contributed by atoms with van der Waals surface area (Å²) < 4.78 is 4.76. The molecule has 0 amide bonds. The maximum Gasteiger partial charge on any atom is 0.107 e. The molecule has 3 nitrogen and oxygen atoms in total. The van der Waals surface area contributed by atoms with Gasteiger partial charge < -0.3 is 9.94 Å². The number of rotatable bonds is 4. The molecule has 0 aromatic heterocycles. The topological polar surface area (TPSA) is 41.5 Å². The molecule has 3 heteroatoms. The molecule has 0 saturated heterocycles. The molecule has 0 rings (SSSR count). The quantitative estimate of drug-likeness (QED) is 0.298. The molecule has 0 aliphatic carbocycles. The van der Waals surface area contributed by atoms with Gasteiger partial charge in [0.1, 0.15) is 6.61 Å². The van der Waals surface area contributed by atoms with Crippen LogP contribution in [0.15, 0.2) is 0 Å². The maximum atomic E-state index is 7.98. The third kappa shape index (κ3) is 5.44. The Morgan fingerprint density at radius 2 is 2.50 bits per heavy atom. The Morgan fingerprint density at radius 1 is 1.75 bits per heavy atom. The molecule has 46 valence electrons. The normalized spacial score (nSPS) is 8.50. The average Bonchev–Trinajstić information content (AvgIpc) is 1.81.